The first-order valence-electron chi connectivity index (χ1n) is 14.9. The van der Waals surface area contributed by atoms with Gasteiger partial charge in [-0.05, 0) is 49.9 Å². The third kappa shape index (κ3) is 4.63. The summed E-state index contributed by atoms with van der Waals surface area (Å²) < 4.78 is 0. The summed E-state index contributed by atoms with van der Waals surface area (Å²) in [6.45, 7) is 0. The van der Waals surface area contributed by atoms with E-state index in [0.717, 1.165) is 39.2 Å². The normalized spacial score (nSPS) is 11.2. The molecule has 7 aromatic carbocycles. The van der Waals surface area contributed by atoms with E-state index in [1.807, 2.05) is 18.2 Å². The largest absolute Gasteiger partial charge is 0.228 e. The molecule has 0 saturated carbocycles. The molecular weight excluding hydrogens is 532 g/mol. The van der Waals surface area contributed by atoms with Gasteiger partial charge < -0.3 is 0 Å². The highest BCUT2D eigenvalue weighted by molar-refractivity contribution is 6.06. The first-order chi connectivity index (χ1) is 21.8. The molecule has 0 aliphatic rings. The van der Waals surface area contributed by atoms with E-state index in [9.17, 15) is 0 Å². The average Bonchev–Trinajstić information content (AvgIpc) is 3.11. The lowest BCUT2D eigenvalue weighted by Crippen LogP contribution is -1.98. The molecule has 0 bridgehead atoms. The van der Waals surface area contributed by atoms with Crippen molar-refractivity contribution in [2.45, 2.75) is 0 Å². The van der Waals surface area contributed by atoms with E-state index in [4.69, 9.17) is 9.97 Å². The highest BCUT2D eigenvalue weighted by Gasteiger charge is 2.18. The molecule has 0 atom stereocenters. The van der Waals surface area contributed by atoms with Crippen LogP contribution in [0.15, 0.2) is 170 Å². The van der Waals surface area contributed by atoms with E-state index in [0.29, 0.717) is 5.82 Å². The van der Waals surface area contributed by atoms with E-state index in [2.05, 4.69) is 152 Å². The highest BCUT2D eigenvalue weighted by atomic mass is 14.9. The van der Waals surface area contributed by atoms with Crippen LogP contribution >= 0.6 is 0 Å². The third-order valence-electron chi connectivity index (χ3n) is 8.31. The maximum Gasteiger partial charge on any atom is 0.160 e. The van der Waals surface area contributed by atoms with Gasteiger partial charge in [-0.25, -0.2) is 9.97 Å². The zero-order chi connectivity index (χ0) is 29.3. The van der Waals surface area contributed by atoms with Gasteiger partial charge in [0.15, 0.2) is 5.82 Å². The Morgan fingerprint density at radius 1 is 0.318 bits per heavy atom. The van der Waals surface area contributed by atoms with Crippen molar-refractivity contribution < 1.29 is 0 Å². The summed E-state index contributed by atoms with van der Waals surface area (Å²) in [7, 11) is 0. The van der Waals surface area contributed by atoms with Gasteiger partial charge in [0.1, 0.15) is 0 Å². The Morgan fingerprint density at radius 3 is 1.48 bits per heavy atom. The fourth-order valence-electron chi connectivity index (χ4n) is 6.23. The molecule has 0 fully saturated rings. The first-order valence-corrected chi connectivity index (χ1v) is 14.9. The molecule has 0 aliphatic carbocycles. The van der Waals surface area contributed by atoms with Crippen LogP contribution in [0.4, 0.5) is 0 Å². The van der Waals surface area contributed by atoms with Gasteiger partial charge in [-0.2, -0.15) is 0 Å². The summed E-state index contributed by atoms with van der Waals surface area (Å²) in [5, 5.41) is 4.72. The van der Waals surface area contributed by atoms with Gasteiger partial charge >= 0.3 is 0 Å². The van der Waals surface area contributed by atoms with Gasteiger partial charge in [0, 0.05) is 16.7 Å². The molecule has 2 nitrogen and oxygen atoms in total. The molecule has 206 valence electrons. The molecule has 0 radical (unpaired) electrons. The van der Waals surface area contributed by atoms with Crippen molar-refractivity contribution in [2.75, 3.05) is 0 Å². The van der Waals surface area contributed by atoms with Crippen molar-refractivity contribution in [3.63, 3.8) is 0 Å². The van der Waals surface area contributed by atoms with Crippen molar-refractivity contribution in [2.24, 2.45) is 0 Å². The molecule has 0 spiro atoms. The van der Waals surface area contributed by atoms with Crippen LogP contribution in [0, 0.1) is 0 Å². The zero-order valence-corrected chi connectivity index (χ0v) is 24.1. The summed E-state index contributed by atoms with van der Waals surface area (Å²) >= 11 is 0. The molecule has 2 heteroatoms. The monoisotopic (exact) mass is 560 g/mol. The summed E-state index contributed by atoms with van der Waals surface area (Å²) in [6.07, 6.45) is 0. The number of nitrogens with zero attached hydrogens (tertiary/aromatic N) is 2. The van der Waals surface area contributed by atoms with Gasteiger partial charge in [-0.3, -0.25) is 0 Å². The minimum atomic E-state index is 0.710. The zero-order valence-electron chi connectivity index (χ0n) is 24.1. The van der Waals surface area contributed by atoms with Gasteiger partial charge in [0.05, 0.1) is 11.4 Å². The number of aromatic nitrogens is 2. The van der Waals surface area contributed by atoms with Gasteiger partial charge in [-0.15, -0.1) is 0 Å². The van der Waals surface area contributed by atoms with Gasteiger partial charge in [-0.1, -0.05) is 164 Å². The minimum absolute atomic E-state index is 0.710. The third-order valence-corrected chi connectivity index (χ3v) is 8.31. The van der Waals surface area contributed by atoms with Crippen molar-refractivity contribution >= 4 is 21.5 Å². The Morgan fingerprint density at radius 2 is 0.795 bits per heavy atom. The lowest BCUT2D eigenvalue weighted by Gasteiger charge is -2.17. The minimum Gasteiger partial charge on any atom is -0.228 e. The Hall–Kier alpha value is -5.86. The van der Waals surface area contributed by atoms with Gasteiger partial charge in [0.25, 0.3) is 0 Å². The maximum absolute atomic E-state index is 5.27. The Balaban J connectivity index is 1.43. The maximum atomic E-state index is 5.27. The van der Waals surface area contributed by atoms with Crippen LogP contribution in [-0.4, -0.2) is 9.97 Å². The SMILES string of the molecule is c1ccc(-c2nc(-c3c(-c4ccccc4)ccc4ccccc34)cc(-c3ccc(-c4ccccc4)c4ccccc34)n2)cc1. The van der Waals surface area contributed by atoms with Crippen molar-refractivity contribution in [1.29, 1.82) is 0 Å². The second kappa shape index (κ2) is 11.1. The van der Waals surface area contributed by atoms with Crippen LogP contribution in [0.25, 0.3) is 77.7 Å². The van der Waals surface area contributed by atoms with E-state index >= 15 is 0 Å². The topological polar surface area (TPSA) is 25.8 Å². The number of rotatable bonds is 5. The predicted molar refractivity (Wildman–Crippen MR) is 184 cm³/mol. The molecule has 0 unspecified atom stereocenters. The summed E-state index contributed by atoms with van der Waals surface area (Å²) in [4.78, 5) is 10.5. The van der Waals surface area contributed by atoms with Crippen LogP contribution < -0.4 is 0 Å². The van der Waals surface area contributed by atoms with E-state index in [-0.39, 0.29) is 0 Å². The van der Waals surface area contributed by atoms with Crippen molar-refractivity contribution in [3.8, 4) is 56.2 Å². The number of hydrogen-bond donors (Lipinski definition) is 0. The Bertz CT molecular complexity index is 2260. The Kier molecular flexibility index (Phi) is 6.51. The van der Waals surface area contributed by atoms with E-state index < -0.39 is 0 Å². The molecule has 0 saturated heterocycles. The van der Waals surface area contributed by atoms with Crippen LogP contribution in [-0.2, 0) is 0 Å². The molecule has 0 aliphatic heterocycles. The lowest BCUT2D eigenvalue weighted by atomic mass is 9.90. The van der Waals surface area contributed by atoms with Crippen LogP contribution in [0.1, 0.15) is 0 Å². The molecule has 1 aromatic heterocycles. The fraction of sp³-hybridized carbons (Fsp3) is 0. The Labute approximate surface area is 257 Å². The standard InChI is InChI=1S/C42H28N2/c1-4-14-29(15-5-1)33-26-27-38(37-23-13-12-22-36(33)37)39-28-40(44-42(43-39)32-19-8-3-9-20-32)41-34-21-11-10-18-31(34)24-25-35(41)30-16-6-2-7-17-30/h1-28H. The number of hydrogen-bond acceptors (Lipinski definition) is 2. The second-order valence-corrected chi connectivity index (χ2v) is 11.0. The first kappa shape index (κ1) is 25.8. The summed E-state index contributed by atoms with van der Waals surface area (Å²) in [6, 6.07) is 59.7. The highest BCUT2D eigenvalue weighted by Crippen LogP contribution is 2.41. The molecule has 0 amide bonds. The molecule has 8 aromatic rings. The van der Waals surface area contributed by atoms with Crippen molar-refractivity contribution in [3.05, 3.63) is 170 Å². The molecule has 1 heterocycles. The van der Waals surface area contributed by atoms with E-state index in [1.165, 1.54) is 32.7 Å². The molecule has 8 rings (SSSR count). The summed E-state index contributed by atoms with van der Waals surface area (Å²) in [5.74, 6) is 0.710. The quantitative estimate of drug-likeness (QED) is 0.209. The average molecular weight is 561 g/mol. The molecular formula is C42H28N2. The molecule has 0 N–H and O–H groups in total. The lowest BCUT2D eigenvalue weighted by molar-refractivity contribution is 1.19. The van der Waals surface area contributed by atoms with Crippen LogP contribution in [0.2, 0.25) is 0 Å². The van der Waals surface area contributed by atoms with Crippen LogP contribution in [0.5, 0.6) is 0 Å². The molecule has 44 heavy (non-hydrogen) atoms. The summed E-state index contributed by atoms with van der Waals surface area (Å²) in [5.41, 5.74) is 9.71. The second-order valence-electron chi connectivity index (χ2n) is 11.0. The van der Waals surface area contributed by atoms with Crippen molar-refractivity contribution in [1.82, 2.24) is 9.97 Å². The fourth-order valence-corrected chi connectivity index (χ4v) is 6.23. The smallest absolute Gasteiger partial charge is 0.160 e. The van der Waals surface area contributed by atoms with Gasteiger partial charge in [0.2, 0.25) is 0 Å². The predicted octanol–water partition coefficient (Wildman–Crippen LogP) is 11.1. The van der Waals surface area contributed by atoms with Crippen LogP contribution in [0.3, 0.4) is 0 Å². The number of fused-ring (bicyclic) bond motifs is 2. The number of benzene rings is 7. The van der Waals surface area contributed by atoms with E-state index in [1.54, 1.807) is 0 Å².